The Morgan fingerprint density at radius 1 is 1.40 bits per heavy atom. The molecule has 7 heteroatoms. The molecule has 1 fully saturated rings. The molecule has 2 rings (SSSR count). The van der Waals surface area contributed by atoms with Crippen LogP contribution in [0.3, 0.4) is 0 Å². The molecule has 0 aliphatic carbocycles. The summed E-state index contributed by atoms with van der Waals surface area (Å²) in [7, 11) is 0. The molecule has 82 valence electrons. The Morgan fingerprint density at radius 3 is 2.80 bits per heavy atom. The largest absolute Gasteiger partial charge is 0.383 e. The van der Waals surface area contributed by atoms with Gasteiger partial charge in [0.15, 0.2) is 0 Å². The van der Waals surface area contributed by atoms with Crippen LogP contribution >= 0.6 is 15.9 Å². The van der Waals surface area contributed by atoms with Crippen LogP contribution in [0.15, 0.2) is 10.7 Å². The Bertz CT molecular complexity index is 322. The van der Waals surface area contributed by atoms with E-state index in [0.29, 0.717) is 16.4 Å². The third-order valence-corrected chi connectivity index (χ3v) is 2.39. The lowest BCUT2D eigenvalue weighted by molar-refractivity contribution is 0.0492. The number of anilines is 2. The molecule has 15 heavy (non-hydrogen) atoms. The zero-order valence-electron chi connectivity index (χ0n) is 8.11. The maximum atomic E-state index is 5.60. The second kappa shape index (κ2) is 4.73. The third kappa shape index (κ3) is 3.01. The molecule has 0 bridgehead atoms. The lowest BCUT2D eigenvalue weighted by Crippen LogP contribution is -2.40. The van der Waals surface area contributed by atoms with Gasteiger partial charge < -0.3 is 10.5 Å². The zero-order chi connectivity index (χ0) is 10.7. The number of rotatable bonds is 2. The predicted molar refractivity (Wildman–Crippen MR) is 60.2 cm³/mol. The number of hydrazine groups is 1. The van der Waals surface area contributed by atoms with E-state index < -0.39 is 0 Å². The van der Waals surface area contributed by atoms with Gasteiger partial charge in [0.25, 0.3) is 0 Å². The van der Waals surface area contributed by atoms with Gasteiger partial charge >= 0.3 is 0 Å². The van der Waals surface area contributed by atoms with Crippen LogP contribution in [-0.2, 0) is 4.74 Å². The summed E-state index contributed by atoms with van der Waals surface area (Å²) in [4.78, 5) is 8.23. The summed E-state index contributed by atoms with van der Waals surface area (Å²) < 4.78 is 5.90. The maximum absolute atomic E-state index is 5.60. The highest BCUT2D eigenvalue weighted by Gasteiger charge is 2.11. The Labute approximate surface area is 95.9 Å². The third-order valence-electron chi connectivity index (χ3n) is 1.98. The maximum Gasteiger partial charge on any atom is 0.240 e. The Morgan fingerprint density at radius 2 is 2.13 bits per heavy atom. The van der Waals surface area contributed by atoms with Gasteiger partial charge in [-0.3, -0.25) is 5.43 Å². The molecule has 0 radical (unpaired) electrons. The number of hydrogen-bond donors (Lipinski definition) is 2. The first kappa shape index (κ1) is 10.6. The normalized spacial score (nSPS) is 17.7. The molecule has 1 aliphatic rings. The minimum atomic E-state index is 0.438. The highest BCUT2D eigenvalue weighted by atomic mass is 79.9. The number of nitrogen functional groups attached to an aromatic ring is 1. The number of nitrogens with two attached hydrogens (primary N) is 1. The average molecular weight is 274 g/mol. The molecule has 2 heterocycles. The summed E-state index contributed by atoms with van der Waals surface area (Å²) in [6.07, 6.45) is 0. The summed E-state index contributed by atoms with van der Waals surface area (Å²) in [5.41, 5.74) is 8.68. The summed E-state index contributed by atoms with van der Waals surface area (Å²) >= 11 is 3.26. The predicted octanol–water partition coefficient (Wildman–Crippen LogP) is 0.480. The monoisotopic (exact) mass is 273 g/mol. The van der Waals surface area contributed by atoms with E-state index in [2.05, 4.69) is 31.3 Å². The van der Waals surface area contributed by atoms with E-state index >= 15 is 0 Å². The fourth-order valence-corrected chi connectivity index (χ4v) is 1.70. The Balaban J connectivity index is 2.02. The van der Waals surface area contributed by atoms with Crippen molar-refractivity contribution in [3.05, 3.63) is 10.7 Å². The molecule has 1 saturated heterocycles. The lowest BCUT2D eigenvalue weighted by atomic mass is 10.5. The van der Waals surface area contributed by atoms with Crippen molar-refractivity contribution >= 4 is 27.7 Å². The van der Waals surface area contributed by atoms with E-state index in [9.17, 15) is 0 Å². The Kier molecular flexibility index (Phi) is 3.34. The number of morpholine rings is 1. The Hall–Kier alpha value is -0.920. The molecule has 0 saturated carbocycles. The van der Waals surface area contributed by atoms with E-state index in [4.69, 9.17) is 10.5 Å². The van der Waals surface area contributed by atoms with E-state index in [0.717, 1.165) is 26.3 Å². The van der Waals surface area contributed by atoms with Crippen molar-refractivity contribution in [1.29, 1.82) is 0 Å². The molecule has 1 aromatic heterocycles. The van der Waals surface area contributed by atoms with Gasteiger partial charge in [-0.05, 0) is 15.9 Å². The van der Waals surface area contributed by atoms with Crippen LogP contribution in [0, 0.1) is 0 Å². The van der Waals surface area contributed by atoms with Gasteiger partial charge in [-0.15, -0.1) is 0 Å². The van der Waals surface area contributed by atoms with Crippen molar-refractivity contribution in [3.63, 3.8) is 0 Å². The SMILES string of the molecule is Nc1cc(Br)nc(NN2CCOCC2)n1. The average Bonchev–Trinajstić information content (AvgIpc) is 2.17. The zero-order valence-corrected chi connectivity index (χ0v) is 9.70. The first-order valence-electron chi connectivity index (χ1n) is 4.63. The van der Waals surface area contributed by atoms with Crippen LogP contribution in [0.5, 0.6) is 0 Å². The highest BCUT2D eigenvalue weighted by molar-refractivity contribution is 9.10. The van der Waals surface area contributed by atoms with Gasteiger partial charge in [0, 0.05) is 19.2 Å². The van der Waals surface area contributed by atoms with E-state index in [1.54, 1.807) is 6.07 Å². The minimum absolute atomic E-state index is 0.438. The second-order valence-corrected chi connectivity index (χ2v) is 3.96. The molecule has 0 spiro atoms. The number of ether oxygens (including phenoxy) is 1. The van der Waals surface area contributed by atoms with Crippen molar-refractivity contribution in [2.45, 2.75) is 0 Å². The van der Waals surface area contributed by atoms with Crippen LogP contribution in [0.1, 0.15) is 0 Å². The number of halogens is 1. The molecule has 3 N–H and O–H groups in total. The van der Waals surface area contributed by atoms with Crippen molar-refractivity contribution < 1.29 is 4.74 Å². The van der Waals surface area contributed by atoms with Gasteiger partial charge in [-0.1, -0.05) is 0 Å². The van der Waals surface area contributed by atoms with Crippen molar-refractivity contribution in [3.8, 4) is 0 Å². The second-order valence-electron chi connectivity index (χ2n) is 3.15. The van der Waals surface area contributed by atoms with Crippen LogP contribution < -0.4 is 11.2 Å². The number of nitrogens with zero attached hydrogens (tertiary/aromatic N) is 3. The summed E-state index contributed by atoms with van der Waals surface area (Å²) in [5, 5.41) is 2.00. The molecular weight excluding hydrogens is 262 g/mol. The first-order valence-corrected chi connectivity index (χ1v) is 5.43. The molecule has 6 nitrogen and oxygen atoms in total. The number of hydrogen-bond acceptors (Lipinski definition) is 6. The van der Waals surface area contributed by atoms with Crippen LogP contribution in [-0.4, -0.2) is 41.3 Å². The molecule has 1 aliphatic heterocycles. The summed E-state index contributed by atoms with van der Waals surface area (Å²) in [5.74, 6) is 0.941. The van der Waals surface area contributed by atoms with E-state index in [-0.39, 0.29) is 0 Å². The quantitative estimate of drug-likeness (QED) is 0.764. The van der Waals surface area contributed by atoms with E-state index in [1.165, 1.54) is 0 Å². The van der Waals surface area contributed by atoms with Gasteiger partial charge in [-0.25, -0.2) is 9.99 Å². The molecule has 0 aromatic carbocycles. The van der Waals surface area contributed by atoms with Crippen LogP contribution in [0.25, 0.3) is 0 Å². The number of aromatic nitrogens is 2. The van der Waals surface area contributed by atoms with Crippen molar-refractivity contribution in [2.75, 3.05) is 37.5 Å². The van der Waals surface area contributed by atoms with Crippen molar-refractivity contribution in [2.24, 2.45) is 0 Å². The van der Waals surface area contributed by atoms with Gasteiger partial charge in [0.2, 0.25) is 5.95 Å². The van der Waals surface area contributed by atoms with Gasteiger partial charge in [0.05, 0.1) is 13.2 Å². The van der Waals surface area contributed by atoms with Crippen LogP contribution in [0.2, 0.25) is 0 Å². The number of nitrogens with one attached hydrogen (secondary N) is 1. The lowest BCUT2D eigenvalue weighted by Gasteiger charge is -2.26. The van der Waals surface area contributed by atoms with E-state index in [1.807, 2.05) is 5.01 Å². The summed E-state index contributed by atoms with van der Waals surface area (Å²) in [6, 6.07) is 1.66. The summed E-state index contributed by atoms with van der Waals surface area (Å²) in [6.45, 7) is 3.07. The molecule has 0 atom stereocenters. The minimum Gasteiger partial charge on any atom is -0.383 e. The van der Waals surface area contributed by atoms with Gasteiger partial charge in [-0.2, -0.15) is 4.98 Å². The highest BCUT2D eigenvalue weighted by Crippen LogP contribution is 2.13. The van der Waals surface area contributed by atoms with Gasteiger partial charge in [0.1, 0.15) is 10.4 Å². The molecule has 1 aromatic rings. The molecule has 0 amide bonds. The fourth-order valence-electron chi connectivity index (χ4n) is 1.30. The van der Waals surface area contributed by atoms with Crippen molar-refractivity contribution in [1.82, 2.24) is 15.0 Å². The molecule has 0 unspecified atom stereocenters. The smallest absolute Gasteiger partial charge is 0.240 e. The fraction of sp³-hybridized carbons (Fsp3) is 0.500. The topological polar surface area (TPSA) is 76.3 Å². The van der Waals surface area contributed by atoms with Crippen LogP contribution in [0.4, 0.5) is 11.8 Å². The first-order chi connectivity index (χ1) is 7.24. The molecular formula is C8H12BrN5O. The standard InChI is InChI=1S/C8H12BrN5O/c9-6-5-7(10)12-8(11-6)13-14-1-3-15-4-2-14/h5H,1-4H2,(H3,10,11,12,13).